The van der Waals surface area contributed by atoms with Gasteiger partial charge in [-0.05, 0) is 17.9 Å². The zero-order valence-corrected chi connectivity index (χ0v) is 11.1. The summed E-state index contributed by atoms with van der Waals surface area (Å²) in [6.45, 7) is 0.528. The molecule has 1 aromatic heterocycles. The van der Waals surface area contributed by atoms with E-state index in [4.69, 9.17) is 5.11 Å². The first-order valence-corrected chi connectivity index (χ1v) is 6.93. The van der Waals surface area contributed by atoms with Crippen molar-refractivity contribution < 1.29 is 19.8 Å². The lowest BCUT2D eigenvalue weighted by Crippen LogP contribution is -2.46. The van der Waals surface area contributed by atoms with Gasteiger partial charge in [-0.15, -0.1) is 11.3 Å². The highest BCUT2D eigenvalue weighted by molar-refractivity contribution is 7.09. The van der Waals surface area contributed by atoms with Crippen LogP contribution in [-0.2, 0) is 11.2 Å². The monoisotopic (exact) mass is 284 g/mol. The summed E-state index contributed by atoms with van der Waals surface area (Å²) in [5.74, 6) is -1.08. The van der Waals surface area contributed by atoms with Gasteiger partial charge in [0.1, 0.15) is 6.04 Å². The third-order valence-corrected chi connectivity index (χ3v) is 3.99. The molecule has 0 aromatic carbocycles. The fraction of sp³-hybridized carbons (Fsp3) is 0.500. The number of aliphatic hydroxyl groups excluding tert-OH is 1. The first-order chi connectivity index (χ1) is 9.08. The topological polar surface area (TPSA) is 89.9 Å². The van der Waals surface area contributed by atoms with Crippen LogP contribution >= 0.6 is 11.3 Å². The summed E-state index contributed by atoms with van der Waals surface area (Å²) < 4.78 is 0. The molecule has 2 rings (SSSR count). The molecule has 104 valence electrons. The predicted octanol–water partition coefficient (Wildman–Crippen LogP) is 0.520. The molecule has 0 aliphatic carbocycles. The summed E-state index contributed by atoms with van der Waals surface area (Å²) >= 11 is 1.61. The quantitative estimate of drug-likeness (QED) is 0.752. The normalized spacial score (nSPS) is 22.5. The molecular weight excluding hydrogens is 268 g/mol. The largest absolute Gasteiger partial charge is 0.480 e. The molecule has 1 aromatic rings. The number of nitrogens with zero attached hydrogens (tertiary/aromatic N) is 1. The first-order valence-electron chi connectivity index (χ1n) is 6.05. The Morgan fingerprint density at radius 1 is 1.53 bits per heavy atom. The van der Waals surface area contributed by atoms with Crippen molar-refractivity contribution in [3.05, 3.63) is 22.4 Å². The SMILES string of the molecule is O=C(O)[C@@H]1C[C@@H](O)CN1C(=O)NCCc1cccs1. The number of hydrogen-bond acceptors (Lipinski definition) is 4. The third kappa shape index (κ3) is 3.45. The lowest BCUT2D eigenvalue weighted by molar-refractivity contribution is -0.141. The van der Waals surface area contributed by atoms with Gasteiger partial charge >= 0.3 is 12.0 Å². The van der Waals surface area contributed by atoms with E-state index in [9.17, 15) is 14.7 Å². The van der Waals surface area contributed by atoms with Crippen molar-refractivity contribution in [1.82, 2.24) is 10.2 Å². The number of urea groups is 1. The molecule has 1 fully saturated rings. The minimum atomic E-state index is -1.08. The Morgan fingerprint density at radius 2 is 2.32 bits per heavy atom. The van der Waals surface area contributed by atoms with Crippen LogP contribution in [0.5, 0.6) is 0 Å². The zero-order chi connectivity index (χ0) is 13.8. The van der Waals surface area contributed by atoms with Crippen LogP contribution in [0.15, 0.2) is 17.5 Å². The molecule has 7 heteroatoms. The average molecular weight is 284 g/mol. The van der Waals surface area contributed by atoms with Crippen molar-refractivity contribution in [2.24, 2.45) is 0 Å². The second kappa shape index (κ2) is 6.03. The maximum absolute atomic E-state index is 11.9. The number of carboxylic acid groups (broad SMARTS) is 1. The van der Waals surface area contributed by atoms with Crippen LogP contribution < -0.4 is 5.32 Å². The Morgan fingerprint density at radius 3 is 2.95 bits per heavy atom. The smallest absolute Gasteiger partial charge is 0.326 e. The molecule has 0 bridgehead atoms. The molecule has 19 heavy (non-hydrogen) atoms. The molecule has 0 unspecified atom stereocenters. The summed E-state index contributed by atoms with van der Waals surface area (Å²) in [4.78, 5) is 25.2. The number of carboxylic acids is 1. The van der Waals surface area contributed by atoms with E-state index in [1.54, 1.807) is 11.3 Å². The summed E-state index contributed by atoms with van der Waals surface area (Å²) in [5.41, 5.74) is 0. The molecule has 2 amide bonds. The molecule has 0 saturated carbocycles. The van der Waals surface area contributed by atoms with E-state index in [1.807, 2.05) is 17.5 Å². The van der Waals surface area contributed by atoms with Gasteiger partial charge in [-0.2, -0.15) is 0 Å². The van der Waals surface area contributed by atoms with E-state index in [0.717, 1.165) is 11.3 Å². The molecule has 2 atom stereocenters. The Kier molecular flexibility index (Phi) is 4.39. The molecule has 1 aliphatic heterocycles. The van der Waals surface area contributed by atoms with Gasteiger partial charge in [0.25, 0.3) is 0 Å². The molecular formula is C12H16N2O4S. The predicted molar refractivity (Wildman–Crippen MR) is 70.2 cm³/mol. The number of hydrogen-bond donors (Lipinski definition) is 3. The average Bonchev–Trinajstić information content (AvgIpc) is 2.98. The summed E-state index contributed by atoms with van der Waals surface area (Å²) in [5, 5.41) is 23.1. The van der Waals surface area contributed by atoms with E-state index in [-0.39, 0.29) is 13.0 Å². The van der Waals surface area contributed by atoms with Crippen LogP contribution in [0.2, 0.25) is 0 Å². The maximum Gasteiger partial charge on any atom is 0.326 e. The van der Waals surface area contributed by atoms with Crippen molar-refractivity contribution >= 4 is 23.3 Å². The fourth-order valence-electron chi connectivity index (χ4n) is 2.12. The molecule has 6 nitrogen and oxygen atoms in total. The van der Waals surface area contributed by atoms with E-state index >= 15 is 0 Å². The second-order valence-corrected chi connectivity index (χ2v) is 5.49. The number of carbonyl (C=O) groups excluding carboxylic acids is 1. The van der Waals surface area contributed by atoms with Crippen LogP contribution in [0, 0.1) is 0 Å². The van der Waals surface area contributed by atoms with Gasteiger partial charge in [-0.1, -0.05) is 6.07 Å². The van der Waals surface area contributed by atoms with Gasteiger partial charge in [0, 0.05) is 24.4 Å². The highest BCUT2D eigenvalue weighted by Crippen LogP contribution is 2.18. The third-order valence-electron chi connectivity index (χ3n) is 3.05. The Bertz CT molecular complexity index is 449. The maximum atomic E-state index is 11.9. The lowest BCUT2D eigenvalue weighted by Gasteiger charge is -2.21. The molecule has 0 radical (unpaired) electrons. The lowest BCUT2D eigenvalue weighted by atomic mass is 10.2. The van der Waals surface area contributed by atoms with Crippen molar-refractivity contribution in [1.29, 1.82) is 0 Å². The molecule has 0 spiro atoms. The van der Waals surface area contributed by atoms with Crippen molar-refractivity contribution in [2.75, 3.05) is 13.1 Å². The number of likely N-dealkylation sites (tertiary alicyclic amines) is 1. The summed E-state index contributed by atoms with van der Waals surface area (Å²) in [6.07, 6.45) is 0.0507. The summed E-state index contributed by atoms with van der Waals surface area (Å²) in [6, 6.07) is 2.56. The van der Waals surface area contributed by atoms with Crippen LogP contribution in [0.1, 0.15) is 11.3 Å². The van der Waals surface area contributed by atoms with Gasteiger partial charge in [0.15, 0.2) is 0 Å². The Labute approximate surface area is 114 Å². The van der Waals surface area contributed by atoms with Gasteiger partial charge in [-0.3, -0.25) is 0 Å². The van der Waals surface area contributed by atoms with E-state index < -0.39 is 24.1 Å². The molecule has 1 saturated heterocycles. The van der Waals surface area contributed by atoms with E-state index in [0.29, 0.717) is 6.54 Å². The van der Waals surface area contributed by atoms with Crippen molar-refractivity contribution in [3.8, 4) is 0 Å². The Balaban J connectivity index is 1.83. The highest BCUT2D eigenvalue weighted by atomic mass is 32.1. The molecule has 2 heterocycles. The fourth-order valence-corrected chi connectivity index (χ4v) is 2.83. The van der Waals surface area contributed by atoms with Gasteiger partial charge in [-0.25, -0.2) is 9.59 Å². The first kappa shape index (κ1) is 13.8. The van der Waals surface area contributed by atoms with Gasteiger partial charge < -0.3 is 20.4 Å². The van der Waals surface area contributed by atoms with E-state index in [2.05, 4.69) is 5.32 Å². The number of nitrogens with one attached hydrogen (secondary N) is 1. The standard InChI is InChI=1S/C12H16N2O4S/c15-8-6-10(11(16)17)14(7-8)12(18)13-4-3-9-2-1-5-19-9/h1-2,5,8,10,15H,3-4,6-7H2,(H,13,18)(H,16,17)/t8-,10+/m1/s1. The number of aliphatic carboxylic acids is 1. The summed E-state index contributed by atoms with van der Waals surface area (Å²) in [7, 11) is 0. The van der Waals surface area contributed by atoms with E-state index in [1.165, 1.54) is 4.90 Å². The zero-order valence-electron chi connectivity index (χ0n) is 10.3. The number of β-amino-alcohol motifs (C(OH)–C–C–N with tert-alkyl or cyclic N) is 1. The molecule has 3 N–H and O–H groups in total. The van der Waals surface area contributed by atoms with Crippen molar-refractivity contribution in [3.63, 3.8) is 0 Å². The highest BCUT2D eigenvalue weighted by Gasteiger charge is 2.38. The van der Waals surface area contributed by atoms with Crippen LogP contribution in [0.3, 0.4) is 0 Å². The van der Waals surface area contributed by atoms with Crippen molar-refractivity contribution in [2.45, 2.75) is 25.0 Å². The molecule has 1 aliphatic rings. The van der Waals surface area contributed by atoms with Crippen LogP contribution in [-0.4, -0.2) is 52.3 Å². The van der Waals surface area contributed by atoms with Gasteiger partial charge in [0.05, 0.1) is 6.10 Å². The number of amides is 2. The van der Waals surface area contributed by atoms with Crippen LogP contribution in [0.4, 0.5) is 4.79 Å². The minimum Gasteiger partial charge on any atom is -0.480 e. The minimum absolute atomic E-state index is 0.0712. The Hall–Kier alpha value is -1.60. The number of carbonyl (C=O) groups is 2. The van der Waals surface area contributed by atoms with Crippen LogP contribution in [0.25, 0.3) is 0 Å². The number of aliphatic hydroxyl groups is 1. The van der Waals surface area contributed by atoms with Gasteiger partial charge in [0.2, 0.25) is 0 Å². The second-order valence-electron chi connectivity index (χ2n) is 4.46. The number of rotatable bonds is 4. The number of thiophene rings is 1.